The van der Waals surface area contributed by atoms with Crippen LogP contribution in [0.3, 0.4) is 0 Å². The second kappa shape index (κ2) is 16.9. The summed E-state index contributed by atoms with van der Waals surface area (Å²) in [6.07, 6.45) is -6.79. The molecule has 11 nitrogen and oxygen atoms in total. The predicted octanol–water partition coefficient (Wildman–Crippen LogP) is 4.18. The van der Waals surface area contributed by atoms with Crippen LogP contribution in [0.1, 0.15) is 17.5 Å². The smallest absolute Gasteiger partial charge is 0.475 e. The first-order valence-electron chi connectivity index (χ1n) is 12.3. The Bertz CT molecular complexity index is 1150. The molecule has 2 aliphatic heterocycles. The lowest BCUT2D eigenvalue weighted by molar-refractivity contribution is -0.193. The van der Waals surface area contributed by atoms with Crippen LogP contribution >= 0.6 is 0 Å². The maximum Gasteiger partial charge on any atom is 0.490 e. The van der Waals surface area contributed by atoms with Crippen molar-refractivity contribution in [1.29, 1.82) is 0 Å². The van der Waals surface area contributed by atoms with Gasteiger partial charge < -0.3 is 24.8 Å². The topological polar surface area (TPSA) is 159 Å². The van der Waals surface area contributed by atoms with Crippen LogP contribution in [0, 0.1) is 5.92 Å². The van der Waals surface area contributed by atoms with Gasteiger partial charge in [-0.2, -0.15) is 39.5 Å². The number of hydrogen-bond donors (Lipinski definition) is 3. The molecular weight excluding hydrogens is 641 g/mol. The van der Waals surface area contributed by atoms with Gasteiger partial charge in [-0.3, -0.25) is 14.9 Å². The van der Waals surface area contributed by atoms with E-state index in [0.29, 0.717) is 12.5 Å². The zero-order valence-electron chi connectivity index (χ0n) is 22.8. The molecule has 0 radical (unpaired) electrons. The highest BCUT2D eigenvalue weighted by molar-refractivity contribution is 5.73. The number of hydrogen-bond acceptors (Lipinski definition) is 8. The highest BCUT2D eigenvalue weighted by Crippen LogP contribution is 2.40. The first-order chi connectivity index (χ1) is 20.7. The fourth-order valence-electron chi connectivity index (χ4n) is 3.74. The minimum atomic E-state index is -5.08. The Hall–Kier alpha value is -4.04. The Balaban J connectivity index is 0.000000396. The normalized spacial score (nSPS) is 17.3. The number of ether oxygens (including phenoxy) is 2. The summed E-state index contributed by atoms with van der Waals surface area (Å²) < 4.78 is 107. The van der Waals surface area contributed by atoms with Gasteiger partial charge in [-0.05, 0) is 35.7 Å². The van der Waals surface area contributed by atoms with E-state index in [9.17, 15) is 39.5 Å². The van der Waals surface area contributed by atoms with Gasteiger partial charge in [-0.25, -0.2) is 14.4 Å². The number of nitrogens with zero attached hydrogens (tertiary/aromatic N) is 3. The second-order valence-corrected chi connectivity index (χ2v) is 9.18. The summed E-state index contributed by atoms with van der Waals surface area (Å²) in [5.41, 5.74) is 2.43. The van der Waals surface area contributed by atoms with Crippen molar-refractivity contribution in [2.45, 2.75) is 43.7 Å². The molecule has 2 fully saturated rings. The van der Waals surface area contributed by atoms with Crippen molar-refractivity contribution in [3.63, 3.8) is 0 Å². The summed E-state index contributed by atoms with van der Waals surface area (Å²) in [5, 5.41) is 21.4. The minimum absolute atomic E-state index is 0.000449. The Morgan fingerprint density at radius 2 is 1.31 bits per heavy atom. The van der Waals surface area contributed by atoms with Crippen LogP contribution in [-0.4, -0.2) is 98.5 Å². The molecule has 0 aromatic carbocycles. The van der Waals surface area contributed by atoms with Crippen LogP contribution in [0.4, 0.5) is 39.5 Å². The lowest BCUT2D eigenvalue weighted by Gasteiger charge is -2.50. The highest BCUT2D eigenvalue weighted by Gasteiger charge is 2.52. The van der Waals surface area contributed by atoms with Gasteiger partial charge in [-0.15, -0.1) is 0 Å². The van der Waals surface area contributed by atoms with Crippen molar-refractivity contribution < 1.29 is 78.7 Å². The maximum absolute atomic E-state index is 10.6. The molecule has 1 unspecified atom stereocenters. The summed E-state index contributed by atoms with van der Waals surface area (Å²) in [6.45, 7) is 5.20. The molecule has 1 spiro atoms. The van der Waals surface area contributed by atoms with E-state index >= 15 is 0 Å². The molecule has 0 aliphatic carbocycles. The van der Waals surface area contributed by atoms with Crippen molar-refractivity contribution in [2.24, 2.45) is 5.92 Å². The van der Waals surface area contributed by atoms with Crippen molar-refractivity contribution >= 4 is 17.9 Å². The van der Waals surface area contributed by atoms with Gasteiger partial charge in [0.25, 0.3) is 0 Å². The van der Waals surface area contributed by atoms with E-state index in [0.717, 1.165) is 39.3 Å². The first kappa shape index (κ1) is 39.0. The fourth-order valence-corrected chi connectivity index (χ4v) is 3.74. The second-order valence-electron chi connectivity index (χ2n) is 9.18. The van der Waals surface area contributed by atoms with Crippen LogP contribution in [0.25, 0.3) is 0 Å². The van der Waals surface area contributed by atoms with Gasteiger partial charge in [0.05, 0.1) is 18.8 Å². The van der Waals surface area contributed by atoms with Gasteiger partial charge in [0.15, 0.2) is 0 Å². The van der Waals surface area contributed by atoms with Crippen LogP contribution in [0.15, 0.2) is 49.1 Å². The number of rotatable bonds is 6. The van der Waals surface area contributed by atoms with E-state index in [4.69, 9.17) is 39.2 Å². The number of carboxylic acid groups (broad SMARTS) is 3. The minimum Gasteiger partial charge on any atom is -0.475 e. The molecule has 0 amide bonds. The lowest BCUT2D eigenvalue weighted by Crippen LogP contribution is -2.64. The Kier molecular flexibility index (Phi) is 14.6. The molecule has 252 valence electrons. The molecule has 2 saturated heterocycles. The van der Waals surface area contributed by atoms with Crippen molar-refractivity contribution in [2.75, 3.05) is 26.3 Å². The number of alkyl halides is 9. The number of carbonyl (C=O) groups is 3. The molecule has 3 N–H and O–H groups in total. The van der Waals surface area contributed by atoms with E-state index < -0.39 is 36.4 Å². The average molecular weight is 667 g/mol. The van der Waals surface area contributed by atoms with Crippen molar-refractivity contribution in [3.05, 3.63) is 60.2 Å². The summed E-state index contributed by atoms with van der Waals surface area (Å²) >= 11 is 0. The standard InChI is InChI=1S/C19H23N3O2.3C2HF3O2/c1-2-17(10-21-6-1)11-22-14-19(15-22)18(5-9-24-19)13-23-12-16-3-7-20-8-4-16;3*3-2(4,5)1(6)7/h1-4,6-8,10,18H,5,9,11-15H2;3*(H,6,7). The number of carboxylic acids is 3. The number of pyridine rings is 2. The molecule has 0 bridgehead atoms. The molecule has 4 rings (SSSR count). The summed E-state index contributed by atoms with van der Waals surface area (Å²) in [7, 11) is 0. The molecule has 2 aliphatic rings. The molecule has 4 heterocycles. The molecular formula is C25H26F9N3O8. The third-order valence-corrected chi connectivity index (χ3v) is 5.78. The van der Waals surface area contributed by atoms with E-state index in [1.807, 2.05) is 30.6 Å². The summed E-state index contributed by atoms with van der Waals surface area (Å²) in [6, 6.07) is 8.12. The van der Waals surface area contributed by atoms with Crippen LogP contribution in [0.2, 0.25) is 0 Å². The van der Waals surface area contributed by atoms with Crippen molar-refractivity contribution in [3.8, 4) is 0 Å². The number of aromatic nitrogens is 2. The Labute approximate surface area is 248 Å². The maximum atomic E-state index is 10.6. The number of likely N-dealkylation sites (tertiary alicyclic amines) is 1. The molecule has 0 saturated carbocycles. The van der Waals surface area contributed by atoms with Gasteiger partial charge in [0.1, 0.15) is 0 Å². The number of aliphatic carboxylic acids is 3. The van der Waals surface area contributed by atoms with Gasteiger partial charge >= 0.3 is 36.4 Å². The quantitative estimate of drug-likeness (QED) is 0.380. The van der Waals surface area contributed by atoms with E-state index in [-0.39, 0.29) is 5.60 Å². The SMILES string of the molecule is O=C(O)C(F)(F)F.O=C(O)C(F)(F)F.O=C(O)C(F)(F)F.c1cncc(CN2CC3(C2)OCCC3COCc2ccncc2)c1. The zero-order chi connectivity index (χ0) is 34.5. The van der Waals surface area contributed by atoms with E-state index in [2.05, 4.69) is 20.9 Å². The summed E-state index contributed by atoms with van der Waals surface area (Å²) in [5.74, 6) is -7.78. The van der Waals surface area contributed by atoms with Gasteiger partial charge in [0, 0.05) is 56.9 Å². The highest BCUT2D eigenvalue weighted by atomic mass is 19.4. The molecule has 20 heteroatoms. The lowest BCUT2D eigenvalue weighted by atomic mass is 9.81. The Morgan fingerprint density at radius 3 is 1.73 bits per heavy atom. The Morgan fingerprint density at radius 1 is 0.822 bits per heavy atom. The number of halogens is 9. The van der Waals surface area contributed by atoms with Crippen LogP contribution in [-0.2, 0) is 37.0 Å². The van der Waals surface area contributed by atoms with Crippen LogP contribution in [0.5, 0.6) is 0 Å². The summed E-state index contributed by atoms with van der Waals surface area (Å²) in [4.78, 5) is 37.3. The largest absolute Gasteiger partial charge is 0.490 e. The molecule has 45 heavy (non-hydrogen) atoms. The van der Waals surface area contributed by atoms with E-state index in [1.165, 1.54) is 11.1 Å². The fraction of sp³-hybridized carbons (Fsp3) is 0.480. The monoisotopic (exact) mass is 667 g/mol. The molecule has 1 atom stereocenters. The predicted molar refractivity (Wildman–Crippen MR) is 131 cm³/mol. The third-order valence-electron chi connectivity index (χ3n) is 5.78. The average Bonchev–Trinajstić information content (AvgIpc) is 3.33. The van der Waals surface area contributed by atoms with E-state index in [1.54, 1.807) is 12.4 Å². The van der Waals surface area contributed by atoms with Crippen LogP contribution < -0.4 is 0 Å². The first-order valence-corrected chi connectivity index (χ1v) is 12.3. The van der Waals surface area contributed by atoms with Crippen molar-refractivity contribution in [1.82, 2.24) is 14.9 Å². The zero-order valence-corrected chi connectivity index (χ0v) is 22.8. The third kappa shape index (κ3) is 14.5. The molecule has 2 aromatic rings. The van der Waals surface area contributed by atoms with Gasteiger partial charge in [0.2, 0.25) is 0 Å². The molecule has 2 aromatic heterocycles. The van der Waals surface area contributed by atoms with Gasteiger partial charge in [-0.1, -0.05) is 6.07 Å².